The van der Waals surface area contributed by atoms with Gasteiger partial charge in [0.05, 0.1) is 5.69 Å². The molecule has 1 heterocycles. The smallest absolute Gasteiger partial charge is 0.123 e. The monoisotopic (exact) mass is 799 g/mol. The van der Waals surface area contributed by atoms with E-state index in [0.717, 1.165) is 61.2 Å². The van der Waals surface area contributed by atoms with Crippen LogP contribution in [0.2, 0.25) is 0 Å². The number of rotatable bonds is 8. The SMILES string of the molecule is Fc1ccc(-c2cccc3cccc(-c4ccccc4N(c4ccc(-c5ccc(-c6ccccc6)cc5)cc4)c4cccc(-c5ccc6c(c5)sc5ccccc56)c4)c23)cc1. The molecule has 11 rings (SSSR count). The first-order valence-electron chi connectivity index (χ1n) is 20.6. The molecule has 0 aliphatic heterocycles. The third kappa shape index (κ3) is 6.85. The Balaban J connectivity index is 1.06. The summed E-state index contributed by atoms with van der Waals surface area (Å²) in [5.41, 5.74) is 14.5. The standard InChI is InChI=1S/C58H38FNS/c59-47-32-27-43(28-33-47)50-19-9-13-44-14-10-20-54(58(44)50)51-17-4-6-21-55(51)60(48-34-29-42(30-35-48)41-25-23-40(24-26-41)39-11-2-1-3-12-39)49-16-8-15-45(37-49)46-31-36-53-52-18-5-7-22-56(52)61-57(53)38-46/h1-38H. The normalized spacial score (nSPS) is 11.4. The molecular weight excluding hydrogens is 762 g/mol. The van der Waals surface area contributed by atoms with E-state index in [1.807, 2.05) is 23.5 Å². The lowest BCUT2D eigenvalue weighted by Gasteiger charge is -2.29. The number of halogens is 1. The van der Waals surface area contributed by atoms with Gasteiger partial charge in [-0.2, -0.15) is 0 Å². The number of benzene rings is 10. The molecule has 0 saturated carbocycles. The molecule has 1 nitrogen and oxygen atoms in total. The molecule has 0 amide bonds. The second-order valence-electron chi connectivity index (χ2n) is 15.4. The molecule has 0 aliphatic rings. The molecule has 1 aromatic heterocycles. The fourth-order valence-corrected chi connectivity index (χ4v) is 9.92. The molecule has 0 bridgehead atoms. The number of hydrogen-bond acceptors (Lipinski definition) is 2. The maximum absolute atomic E-state index is 14.2. The Bertz CT molecular complexity index is 3340. The van der Waals surface area contributed by atoms with Crippen LogP contribution in [0.4, 0.5) is 21.5 Å². The van der Waals surface area contributed by atoms with E-state index in [0.29, 0.717) is 0 Å². The van der Waals surface area contributed by atoms with Gasteiger partial charge in [0.15, 0.2) is 0 Å². The molecule has 0 aliphatic carbocycles. The van der Waals surface area contributed by atoms with Crippen molar-refractivity contribution in [2.45, 2.75) is 0 Å². The number of nitrogens with zero attached hydrogens (tertiary/aromatic N) is 1. The van der Waals surface area contributed by atoms with Gasteiger partial charge in [0.25, 0.3) is 0 Å². The van der Waals surface area contributed by atoms with E-state index < -0.39 is 0 Å². The molecular formula is C58H38FNS. The van der Waals surface area contributed by atoms with E-state index in [4.69, 9.17) is 0 Å². The second-order valence-corrected chi connectivity index (χ2v) is 16.5. The predicted octanol–water partition coefficient (Wildman–Crippen LogP) is 17.2. The summed E-state index contributed by atoms with van der Waals surface area (Å²) < 4.78 is 16.8. The van der Waals surface area contributed by atoms with E-state index in [2.05, 4.69) is 211 Å². The van der Waals surface area contributed by atoms with Crippen LogP contribution >= 0.6 is 11.3 Å². The molecule has 11 aromatic rings. The highest BCUT2D eigenvalue weighted by Gasteiger charge is 2.20. The Morgan fingerprint density at radius 1 is 0.328 bits per heavy atom. The molecule has 61 heavy (non-hydrogen) atoms. The molecule has 0 N–H and O–H groups in total. The van der Waals surface area contributed by atoms with Crippen molar-refractivity contribution in [2.24, 2.45) is 0 Å². The molecule has 0 unspecified atom stereocenters. The first kappa shape index (κ1) is 36.5. The minimum absolute atomic E-state index is 0.244. The lowest BCUT2D eigenvalue weighted by atomic mass is 9.90. The van der Waals surface area contributed by atoms with Crippen LogP contribution in [0, 0.1) is 5.82 Å². The van der Waals surface area contributed by atoms with Crippen molar-refractivity contribution < 1.29 is 4.39 Å². The van der Waals surface area contributed by atoms with E-state index in [9.17, 15) is 4.39 Å². The predicted molar refractivity (Wildman–Crippen MR) is 259 cm³/mol. The summed E-state index contributed by atoms with van der Waals surface area (Å²) >= 11 is 1.85. The van der Waals surface area contributed by atoms with Gasteiger partial charge < -0.3 is 4.90 Å². The zero-order chi connectivity index (χ0) is 40.7. The summed E-state index contributed by atoms with van der Waals surface area (Å²) in [5, 5.41) is 4.85. The molecule has 288 valence electrons. The Morgan fingerprint density at radius 3 is 1.64 bits per heavy atom. The van der Waals surface area contributed by atoms with Crippen molar-refractivity contribution in [2.75, 3.05) is 4.90 Å². The van der Waals surface area contributed by atoms with Crippen LogP contribution in [0.25, 0.3) is 86.6 Å². The average Bonchev–Trinajstić information content (AvgIpc) is 3.70. The summed E-state index contributed by atoms with van der Waals surface area (Å²) in [6, 6.07) is 81.1. The highest BCUT2D eigenvalue weighted by Crippen LogP contribution is 2.46. The molecule has 3 heteroatoms. The fraction of sp³-hybridized carbons (Fsp3) is 0. The maximum atomic E-state index is 14.2. The van der Waals surface area contributed by atoms with E-state index in [1.54, 1.807) is 12.1 Å². The quantitative estimate of drug-likeness (QED) is 0.148. The molecule has 0 spiro atoms. The average molecular weight is 800 g/mol. The second kappa shape index (κ2) is 15.5. The van der Waals surface area contributed by atoms with Crippen LogP contribution < -0.4 is 4.90 Å². The number of hydrogen-bond donors (Lipinski definition) is 0. The number of anilines is 3. The zero-order valence-corrected chi connectivity index (χ0v) is 34.0. The van der Waals surface area contributed by atoms with Crippen LogP contribution in [0.5, 0.6) is 0 Å². The van der Waals surface area contributed by atoms with Crippen LogP contribution in [-0.4, -0.2) is 0 Å². The van der Waals surface area contributed by atoms with Crippen molar-refractivity contribution in [3.63, 3.8) is 0 Å². The summed E-state index contributed by atoms with van der Waals surface area (Å²) in [6.07, 6.45) is 0. The van der Waals surface area contributed by atoms with Gasteiger partial charge in [-0.05, 0) is 115 Å². The fourth-order valence-electron chi connectivity index (χ4n) is 8.78. The lowest BCUT2D eigenvalue weighted by molar-refractivity contribution is 0.628. The number of thiophene rings is 1. The van der Waals surface area contributed by atoms with Crippen molar-refractivity contribution in [3.8, 4) is 55.6 Å². The molecule has 0 atom stereocenters. The van der Waals surface area contributed by atoms with Crippen molar-refractivity contribution in [1.82, 2.24) is 0 Å². The molecule has 0 saturated heterocycles. The Labute approximate surface area is 358 Å². The van der Waals surface area contributed by atoms with Crippen LogP contribution in [-0.2, 0) is 0 Å². The van der Waals surface area contributed by atoms with Gasteiger partial charge in [-0.1, -0.05) is 176 Å². The lowest BCUT2D eigenvalue weighted by Crippen LogP contribution is -2.11. The first-order chi connectivity index (χ1) is 30.1. The third-order valence-corrected chi connectivity index (χ3v) is 12.9. The third-order valence-electron chi connectivity index (χ3n) is 11.8. The molecule has 0 fully saturated rings. The van der Waals surface area contributed by atoms with Gasteiger partial charge in [0.1, 0.15) is 5.82 Å². The summed E-state index contributed by atoms with van der Waals surface area (Å²) in [7, 11) is 0. The topological polar surface area (TPSA) is 3.24 Å². The minimum atomic E-state index is -0.244. The Morgan fingerprint density at radius 2 is 0.869 bits per heavy atom. The Hall–Kier alpha value is -7.59. The maximum Gasteiger partial charge on any atom is 0.123 e. The van der Waals surface area contributed by atoms with Crippen molar-refractivity contribution in [1.29, 1.82) is 0 Å². The van der Waals surface area contributed by atoms with E-state index in [1.165, 1.54) is 42.4 Å². The van der Waals surface area contributed by atoms with Gasteiger partial charge in [0.2, 0.25) is 0 Å². The molecule has 10 aromatic carbocycles. The number of fused-ring (bicyclic) bond motifs is 4. The van der Waals surface area contributed by atoms with E-state index >= 15 is 0 Å². The summed E-state index contributed by atoms with van der Waals surface area (Å²) in [6.45, 7) is 0. The van der Waals surface area contributed by atoms with E-state index in [-0.39, 0.29) is 5.82 Å². The zero-order valence-electron chi connectivity index (χ0n) is 33.2. The first-order valence-corrected chi connectivity index (χ1v) is 21.4. The number of para-hydroxylation sites is 1. The van der Waals surface area contributed by atoms with Gasteiger partial charge in [-0.3, -0.25) is 0 Å². The highest BCUT2D eigenvalue weighted by atomic mass is 32.1. The van der Waals surface area contributed by atoms with Crippen molar-refractivity contribution in [3.05, 3.63) is 236 Å². The van der Waals surface area contributed by atoms with Crippen molar-refractivity contribution >= 4 is 59.3 Å². The highest BCUT2D eigenvalue weighted by molar-refractivity contribution is 7.25. The summed E-state index contributed by atoms with van der Waals surface area (Å²) in [4.78, 5) is 2.39. The van der Waals surface area contributed by atoms with Crippen LogP contribution in [0.15, 0.2) is 231 Å². The molecule has 0 radical (unpaired) electrons. The van der Waals surface area contributed by atoms with Crippen LogP contribution in [0.3, 0.4) is 0 Å². The van der Waals surface area contributed by atoms with Gasteiger partial charge in [0, 0.05) is 37.1 Å². The largest absolute Gasteiger partial charge is 0.310 e. The summed E-state index contributed by atoms with van der Waals surface area (Å²) in [5.74, 6) is -0.244. The van der Waals surface area contributed by atoms with Gasteiger partial charge in [-0.15, -0.1) is 11.3 Å². The van der Waals surface area contributed by atoms with Crippen LogP contribution in [0.1, 0.15) is 0 Å². The minimum Gasteiger partial charge on any atom is -0.310 e. The van der Waals surface area contributed by atoms with Gasteiger partial charge >= 0.3 is 0 Å². The van der Waals surface area contributed by atoms with Gasteiger partial charge in [-0.25, -0.2) is 4.39 Å². The Kier molecular flexibility index (Phi) is 9.30.